The van der Waals surface area contributed by atoms with Crippen LogP contribution in [0, 0.1) is 0 Å². The number of hydrogen-bond acceptors (Lipinski definition) is 4. The average molecular weight is 275 g/mol. The summed E-state index contributed by atoms with van der Waals surface area (Å²) < 4.78 is 38.4. The average Bonchev–Trinajstić information content (AvgIpc) is 2.39. The molecular weight excluding hydrogens is 256 g/mol. The van der Waals surface area contributed by atoms with E-state index in [2.05, 4.69) is 10.1 Å². The van der Waals surface area contributed by atoms with Crippen molar-refractivity contribution in [3.05, 3.63) is 29.8 Å². The summed E-state index contributed by atoms with van der Waals surface area (Å²) in [5.74, 6) is 0.160. The monoisotopic (exact) mass is 275 g/mol. The lowest BCUT2D eigenvalue weighted by molar-refractivity contribution is -0.0498. The van der Waals surface area contributed by atoms with Gasteiger partial charge in [-0.1, -0.05) is 12.1 Å². The van der Waals surface area contributed by atoms with Crippen LogP contribution in [0.2, 0.25) is 0 Å². The van der Waals surface area contributed by atoms with Crippen LogP contribution in [0.1, 0.15) is 5.56 Å². The molecule has 0 aromatic heterocycles. The van der Waals surface area contributed by atoms with Crippen LogP contribution in [0.15, 0.2) is 24.3 Å². The van der Waals surface area contributed by atoms with Gasteiger partial charge in [0.25, 0.3) is 0 Å². The van der Waals surface area contributed by atoms with Crippen molar-refractivity contribution in [2.24, 2.45) is 0 Å². The highest BCUT2D eigenvalue weighted by atomic mass is 19.3. The smallest absolute Gasteiger partial charge is 0.387 e. The zero-order valence-electron chi connectivity index (χ0n) is 11.1. The zero-order chi connectivity index (χ0) is 14.1. The Hall–Kier alpha value is -1.24. The molecule has 1 rings (SSSR count). The number of hydrogen-bond donors (Lipinski definition) is 1. The molecule has 0 aliphatic carbocycles. The normalized spacial score (nSPS) is 12.7. The molecule has 6 heteroatoms. The molecule has 0 bridgehead atoms. The first-order valence-electron chi connectivity index (χ1n) is 5.92. The molecule has 0 amide bonds. The highest BCUT2D eigenvalue weighted by molar-refractivity contribution is 5.27. The Morgan fingerprint density at radius 1 is 1.16 bits per heavy atom. The topological polar surface area (TPSA) is 39.7 Å². The third-order valence-corrected chi connectivity index (χ3v) is 2.54. The molecule has 4 nitrogen and oxygen atoms in total. The van der Waals surface area contributed by atoms with Crippen molar-refractivity contribution in [1.29, 1.82) is 0 Å². The maximum atomic E-state index is 12.0. The van der Waals surface area contributed by atoms with E-state index in [4.69, 9.17) is 9.47 Å². The van der Waals surface area contributed by atoms with Gasteiger partial charge in [-0.2, -0.15) is 8.78 Å². The molecule has 0 radical (unpaired) electrons. The third kappa shape index (κ3) is 6.47. The summed E-state index contributed by atoms with van der Waals surface area (Å²) in [6.07, 6.45) is -0.00793. The van der Waals surface area contributed by atoms with Gasteiger partial charge in [-0.05, 0) is 17.7 Å². The van der Waals surface area contributed by atoms with E-state index in [1.165, 1.54) is 12.1 Å². The predicted molar refractivity (Wildman–Crippen MR) is 67.5 cm³/mol. The van der Waals surface area contributed by atoms with Crippen molar-refractivity contribution in [3.63, 3.8) is 0 Å². The van der Waals surface area contributed by atoms with E-state index in [1.807, 2.05) is 0 Å². The molecule has 0 aliphatic heterocycles. The Bertz CT molecular complexity index is 346. The van der Waals surface area contributed by atoms with Gasteiger partial charge in [-0.25, -0.2) is 0 Å². The largest absolute Gasteiger partial charge is 0.435 e. The molecule has 0 saturated carbocycles. The minimum Gasteiger partial charge on any atom is -0.435 e. The van der Waals surface area contributed by atoms with Crippen molar-refractivity contribution in [2.45, 2.75) is 19.3 Å². The van der Waals surface area contributed by atoms with Crippen molar-refractivity contribution < 1.29 is 23.0 Å². The quantitative estimate of drug-likeness (QED) is 0.748. The van der Waals surface area contributed by atoms with Gasteiger partial charge < -0.3 is 19.5 Å². The van der Waals surface area contributed by atoms with Crippen LogP contribution in [-0.4, -0.2) is 40.1 Å². The van der Waals surface area contributed by atoms with Crippen LogP contribution >= 0.6 is 0 Å². The van der Waals surface area contributed by atoms with Crippen molar-refractivity contribution in [1.82, 2.24) is 5.32 Å². The summed E-state index contributed by atoms with van der Waals surface area (Å²) >= 11 is 0. The Balaban J connectivity index is 2.33. The number of nitrogens with one attached hydrogen (secondary N) is 1. The lowest BCUT2D eigenvalue weighted by Crippen LogP contribution is -2.31. The van der Waals surface area contributed by atoms with Crippen molar-refractivity contribution in [3.8, 4) is 5.75 Å². The molecule has 1 unspecified atom stereocenters. The molecule has 1 atom stereocenters. The second kappa shape index (κ2) is 8.79. The van der Waals surface area contributed by atoms with Crippen LogP contribution in [0.3, 0.4) is 0 Å². The molecule has 0 fully saturated rings. The summed E-state index contributed by atoms with van der Waals surface area (Å²) in [5.41, 5.74) is 0.980. The molecule has 0 heterocycles. The maximum absolute atomic E-state index is 12.0. The van der Waals surface area contributed by atoms with Gasteiger partial charge in [0, 0.05) is 27.3 Å². The van der Waals surface area contributed by atoms with Gasteiger partial charge in [0.2, 0.25) is 0 Å². The number of rotatable bonds is 9. The molecule has 0 aliphatic rings. The molecule has 0 spiro atoms. The lowest BCUT2D eigenvalue weighted by atomic mass is 10.2. The SMILES string of the molecule is COCC(CNCc1ccc(OC(F)F)cc1)OC. The van der Waals surface area contributed by atoms with E-state index in [0.717, 1.165) is 5.56 Å². The fourth-order valence-corrected chi connectivity index (χ4v) is 1.56. The second-order valence-corrected chi connectivity index (χ2v) is 3.97. The van der Waals surface area contributed by atoms with Crippen LogP contribution in [0.25, 0.3) is 0 Å². The lowest BCUT2D eigenvalue weighted by Gasteiger charge is -2.15. The van der Waals surface area contributed by atoms with Gasteiger partial charge in [-0.15, -0.1) is 0 Å². The van der Waals surface area contributed by atoms with E-state index in [1.54, 1.807) is 26.4 Å². The maximum Gasteiger partial charge on any atom is 0.387 e. The van der Waals surface area contributed by atoms with Crippen LogP contribution in [0.4, 0.5) is 8.78 Å². The molecule has 1 N–H and O–H groups in total. The van der Waals surface area contributed by atoms with E-state index < -0.39 is 6.61 Å². The minimum atomic E-state index is -2.79. The van der Waals surface area contributed by atoms with Gasteiger partial charge in [0.1, 0.15) is 5.75 Å². The highest BCUT2D eigenvalue weighted by Crippen LogP contribution is 2.14. The fourth-order valence-electron chi connectivity index (χ4n) is 1.56. The summed E-state index contributed by atoms with van der Waals surface area (Å²) in [5, 5.41) is 3.20. The Labute approximate surface area is 111 Å². The molecule has 1 aromatic rings. The summed E-state index contributed by atoms with van der Waals surface area (Å²) in [6.45, 7) is -0.997. The third-order valence-electron chi connectivity index (χ3n) is 2.54. The van der Waals surface area contributed by atoms with Crippen LogP contribution in [-0.2, 0) is 16.0 Å². The van der Waals surface area contributed by atoms with Crippen LogP contribution < -0.4 is 10.1 Å². The summed E-state index contributed by atoms with van der Waals surface area (Å²) in [7, 11) is 3.25. The first-order valence-corrected chi connectivity index (χ1v) is 5.92. The van der Waals surface area contributed by atoms with Crippen LogP contribution in [0.5, 0.6) is 5.75 Å². The van der Waals surface area contributed by atoms with E-state index in [9.17, 15) is 8.78 Å². The Kier molecular flexibility index (Phi) is 7.32. The van der Waals surface area contributed by atoms with Crippen molar-refractivity contribution >= 4 is 0 Å². The van der Waals surface area contributed by atoms with E-state index in [-0.39, 0.29) is 11.9 Å². The molecule has 1 aromatic carbocycles. The number of ether oxygens (including phenoxy) is 3. The zero-order valence-corrected chi connectivity index (χ0v) is 11.1. The van der Waals surface area contributed by atoms with E-state index in [0.29, 0.717) is 19.7 Å². The summed E-state index contributed by atoms with van der Waals surface area (Å²) in [6, 6.07) is 6.52. The number of halogens is 2. The van der Waals surface area contributed by atoms with Gasteiger partial charge in [-0.3, -0.25) is 0 Å². The van der Waals surface area contributed by atoms with E-state index >= 15 is 0 Å². The number of benzene rings is 1. The molecular formula is C13H19F2NO3. The first kappa shape index (κ1) is 15.8. The number of methoxy groups -OCH3 is 2. The number of alkyl halides is 2. The van der Waals surface area contributed by atoms with Gasteiger partial charge >= 0.3 is 6.61 Å². The van der Waals surface area contributed by atoms with Gasteiger partial charge in [0.15, 0.2) is 0 Å². The second-order valence-electron chi connectivity index (χ2n) is 3.97. The Morgan fingerprint density at radius 3 is 2.37 bits per heavy atom. The molecule has 19 heavy (non-hydrogen) atoms. The summed E-state index contributed by atoms with van der Waals surface area (Å²) in [4.78, 5) is 0. The minimum absolute atomic E-state index is 0.00793. The Morgan fingerprint density at radius 2 is 1.84 bits per heavy atom. The fraction of sp³-hybridized carbons (Fsp3) is 0.538. The van der Waals surface area contributed by atoms with Crippen molar-refractivity contribution in [2.75, 3.05) is 27.4 Å². The first-order chi connectivity index (χ1) is 9.15. The predicted octanol–water partition coefficient (Wildman–Crippen LogP) is 2.04. The van der Waals surface area contributed by atoms with Gasteiger partial charge in [0.05, 0.1) is 12.7 Å². The highest BCUT2D eigenvalue weighted by Gasteiger charge is 2.06. The standard InChI is InChI=1S/C13H19F2NO3/c1-17-9-12(18-2)8-16-7-10-3-5-11(6-4-10)19-13(14)15/h3-6,12-13,16H,7-9H2,1-2H3. The molecule has 0 saturated heterocycles. The molecule has 108 valence electrons.